The summed E-state index contributed by atoms with van der Waals surface area (Å²) in [5.41, 5.74) is -0.0568. The van der Waals surface area contributed by atoms with Crippen molar-refractivity contribution in [3.63, 3.8) is 0 Å². The predicted molar refractivity (Wildman–Crippen MR) is 70.4 cm³/mol. The summed E-state index contributed by atoms with van der Waals surface area (Å²) in [6.45, 7) is 0. The number of hydrogen-bond acceptors (Lipinski definition) is 1. The van der Waals surface area contributed by atoms with Gasteiger partial charge in [0.1, 0.15) is 11.6 Å². The first-order valence-electron chi connectivity index (χ1n) is 5.85. The second-order valence-electron chi connectivity index (χ2n) is 4.12. The molecule has 108 valence electrons. The smallest absolute Gasteiger partial charge is 0.248 e. The molecule has 0 aliphatic rings. The monoisotopic (exact) mass is 295 g/mol. The Morgan fingerprint density at radius 3 is 2.38 bits per heavy atom. The Hall–Kier alpha value is -2.63. The Balaban J connectivity index is 2.10. The molecule has 0 heterocycles. The van der Waals surface area contributed by atoms with Crippen LogP contribution < -0.4 is 5.32 Å². The summed E-state index contributed by atoms with van der Waals surface area (Å²) in [5.74, 6) is -4.95. The zero-order chi connectivity index (χ0) is 15.4. The van der Waals surface area contributed by atoms with E-state index in [-0.39, 0.29) is 0 Å². The Morgan fingerprint density at radius 2 is 1.67 bits per heavy atom. The molecular formula is C15H9F4NO. The van der Waals surface area contributed by atoms with Crippen molar-refractivity contribution in [3.05, 3.63) is 71.3 Å². The number of amides is 1. The topological polar surface area (TPSA) is 29.1 Å². The minimum Gasteiger partial charge on any atom is -0.320 e. The third-order valence-electron chi connectivity index (χ3n) is 2.54. The van der Waals surface area contributed by atoms with Gasteiger partial charge in [-0.25, -0.2) is 17.6 Å². The lowest BCUT2D eigenvalue weighted by Gasteiger charge is -2.04. The number of rotatable bonds is 3. The van der Waals surface area contributed by atoms with Crippen molar-refractivity contribution >= 4 is 17.7 Å². The zero-order valence-electron chi connectivity index (χ0n) is 10.5. The first-order valence-corrected chi connectivity index (χ1v) is 5.85. The van der Waals surface area contributed by atoms with Crippen molar-refractivity contribution in [1.82, 2.24) is 0 Å². The van der Waals surface area contributed by atoms with Crippen molar-refractivity contribution in [2.24, 2.45) is 0 Å². The lowest BCUT2D eigenvalue weighted by molar-refractivity contribution is -0.111. The van der Waals surface area contributed by atoms with Crippen molar-refractivity contribution in [2.45, 2.75) is 0 Å². The van der Waals surface area contributed by atoms with Crippen LogP contribution in [0.1, 0.15) is 5.56 Å². The Labute approximate surface area is 117 Å². The van der Waals surface area contributed by atoms with E-state index in [4.69, 9.17) is 0 Å². The quantitative estimate of drug-likeness (QED) is 0.519. The third-order valence-corrected chi connectivity index (χ3v) is 2.54. The number of carbonyl (C=O) groups excluding carboxylic acids is 1. The van der Waals surface area contributed by atoms with E-state index >= 15 is 0 Å². The van der Waals surface area contributed by atoms with Crippen LogP contribution in [0.2, 0.25) is 0 Å². The molecular weight excluding hydrogens is 286 g/mol. The highest BCUT2D eigenvalue weighted by Crippen LogP contribution is 2.18. The van der Waals surface area contributed by atoms with Crippen LogP contribution >= 0.6 is 0 Å². The number of nitrogens with one attached hydrogen (secondary N) is 1. The highest BCUT2D eigenvalue weighted by atomic mass is 19.2. The maximum Gasteiger partial charge on any atom is 0.248 e. The van der Waals surface area contributed by atoms with Gasteiger partial charge in [-0.2, -0.15) is 0 Å². The van der Waals surface area contributed by atoms with Gasteiger partial charge in [0.25, 0.3) is 0 Å². The molecule has 0 bridgehead atoms. The van der Waals surface area contributed by atoms with Crippen LogP contribution in [0.15, 0.2) is 42.5 Å². The zero-order valence-corrected chi connectivity index (χ0v) is 10.5. The van der Waals surface area contributed by atoms with Gasteiger partial charge >= 0.3 is 0 Å². The largest absolute Gasteiger partial charge is 0.320 e. The Morgan fingerprint density at radius 1 is 0.952 bits per heavy atom. The fourth-order valence-corrected chi connectivity index (χ4v) is 1.57. The second-order valence-corrected chi connectivity index (χ2v) is 4.12. The summed E-state index contributed by atoms with van der Waals surface area (Å²) >= 11 is 0. The van der Waals surface area contributed by atoms with E-state index < -0.39 is 34.9 Å². The van der Waals surface area contributed by atoms with E-state index in [1.54, 1.807) is 6.07 Å². The van der Waals surface area contributed by atoms with Gasteiger partial charge in [0.2, 0.25) is 5.91 Å². The first-order chi connectivity index (χ1) is 9.95. The van der Waals surface area contributed by atoms with Crippen molar-refractivity contribution < 1.29 is 22.4 Å². The molecule has 6 heteroatoms. The molecule has 0 radical (unpaired) electrons. The van der Waals surface area contributed by atoms with Gasteiger partial charge in [-0.1, -0.05) is 12.1 Å². The highest BCUT2D eigenvalue weighted by molar-refractivity contribution is 6.01. The van der Waals surface area contributed by atoms with Crippen molar-refractivity contribution in [2.75, 3.05) is 5.32 Å². The number of carbonyl (C=O) groups is 1. The van der Waals surface area contributed by atoms with Crippen molar-refractivity contribution in [3.8, 4) is 0 Å². The van der Waals surface area contributed by atoms with E-state index in [0.717, 1.165) is 6.08 Å². The molecule has 2 aromatic carbocycles. The average molecular weight is 295 g/mol. The summed E-state index contributed by atoms with van der Waals surface area (Å²) in [6, 6.07) is 6.34. The number of hydrogen-bond donors (Lipinski definition) is 1. The third kappa shape index (κ3) is 3.92. The molecule has 0 spiro atoms. The molecule has 0 aliphatic heterocycles. The van der Waals surface area contributed by atoms with E-state index in [1.165, 1.54) is 24.3 Å². The van der Waals surface area contributed by atoms with Crippen LogP contribution in [0.5, 0.6) is 0 Å². The lowest BCUT2D eigenvalue weighted by Crippen LogP contribution is -2.10. The molecule has 0 saturated heterocycles. The van der Waals surface area contributed by atoms with Crippen LogP contribution in [0.3, 0.4) is 0 Å². The molecule has 2 aromatic rings. The minimum atomic E-state index is -1.35. The number of halogens is 4. The van der Waals surface area contributed by atoms with Gasteiger partial charge in [0.05, 0.1) is 5.69 Å². The molecule has 0 atom stereocenters. The fourth-order valence-electron chi connectivity index (χ4n) is 1.57. The maximum atomic E-state index is 13.3. The molecule has 0 unspecified atom stereocenters. The SMILES string of the molecule is O=C(C=Cc1cccc(F)c1)Nc1cc(F)c(F)cc1F. The molecule has 2 nitrogen and oxygen atoms in total. The summed E-state index contributed by atoms with van der Waals surface area (Å²) in [4.78, 5) is 11.5. The van der Waals surface area contributed by atoms with E-state index in [9.17, 15) is 22.4 Å². The molecule has 21 heavy (non-hydrogen) atoms. The summed E-state index contributed by atoms with van der Waals surface area (Å²) in [7, 11) is 0. The molecule has 0 aliphatic carbocycles. The van der Waals surface area contributed by atoms with Gasteiger partial charge in [0.15, 0.2) is 11.6 Å². The standard InChI is InChI=1S/C15H9F4NO/c16-10-3-1-2-9(6-10)4-5-15(21)20-14-8-12(18)11(17)7-13(14)19/h1-8H,(H,20,21). The summed E-state index contributed by atoms with van der Waals surface area (Å²) < 4.78 is 51.9. The Bertz CT molecular complexity index is 713. The summed E-state index contributed by atoms with van der Waals surface area (Å²) in [5, 5.41) is 2.06. The van der Waals surface area contributed by atoms with Gasteiger partial charge in [-0.05, 0) is 23.8 Å². The van der Waals surface area contributed by atoms with E-state index in [2.05, 4.69) is 5.32 Å². The second kappa shape index (κ2) is 6.21. The van der Waals surface area contributed by atoms with E-state index in [1.807, 2.05) is 0 Å². The van der Waals surface area contributed by atoms with Crippen LogP contribution in [-0.4, -0.2) is 5.91 Å². The normalized spacial score (nSPS) is 10.9. The lowest BCUT2D eigenvalue weighted by atomic mass is 10.2. The van der Waals surface area contributed by atoms with Crippen LogP contribution in [0, 0.1) is 23.3 Å². The highest BCUT2D eigenvalue weighted by Gasteiger charge is 2.11. The Kier molecular flexibility index (Phi) is 4.37. The van der Waals surface area contributed by atoms with E-state index in [0.29, 0.717) is 17.7 Å². The molecule has 0 aromatic heterocycles. The molecule has 0 fully saturated rings. The van der Waals surface area contributed by atoms with Gasteiger partial charge in [0, 0.05) is 18.2 Å². The molecule has 1 N–H and O–H groups in total. The summed E-state index contributed by atoms with van der Waals surface area (Å²) in [6.07, 6.45) is 2.33. The predicted octanol–water partition coefficient (Wildman–Crippen LogP) is 3.89. The van der Waals surface area contributed by atoms with Crippen molar-refractivity contribution in [1.29, 1.82) is 0 Å². The van der Waals surface area contributed by atoms with Crippen LogP contribution in [0.25, 0.3) is 6.08 Å². The number of anilines is 1. The van der Waals surface area contributed by atoms with Gasteiger partial charge in [-0.15, -0.1) is 0 Å². The van der Waals surface area contributed by atoms with Crippen LogP contribution in [0.4, 0.5) is 23.2 Å². The molecule has 1 amide bonds. The van der Waals surface area contributed by atoms with Gasteiger partial charge in [-0.3, -0.25) is 4.79 Å². The van der Waals surface area contributed by atoms with Gasteiger partial charge < -0.3 is 5.32 Å². The minimum absolute atomic E-state index is 0.335. The molecule has 2 rings (SSSR count). The maximum absolute atomic E-state index is 13.3. The van der Waals surface area contributed by atoms with Crippen LogP contribution in [-0.2, 0) is 4.79 Å². The molecule has 0 saturated carbocycles. The average Bonchev–Trinajstić information content (AvgIpc) is 2.43. The number of benzene rings is 2. The first kappa shape index (κ1) is 14.8. The fraction of sp³-hybridized carbons (Fsp3) is 0.